The zero-order valence-corrected chi connectivity index (χ0v) is 16.1. The van der Waals surface area contributed by atoms with E-state index in [1.807, 2.05) is 32.0 Å². The second-order valence-corrected chi connectivity index (χ2v) is 6.56. The number of anilines is 1. The Morgan fingerprint density at radius 2 is 1.92 bits per heavy atom. The number of amides is 1. The van der Waals surface area contributed by atoms with Crippen molar-refractivity contribution in [1.29, 1.82) is 0 Å². The van der Waals surface area contributed by atoms with Crippen molar-refractivity contribution >= 4 is 33.8 Å². The number of methoxy groups -OCH3 is 1. The highest BCUT2D eigenvalue weighted by Crippen LogP contribution is 2.33. The Balaban J connectivity index is 2.17. The molecule has 1 atom stereocenters. The van der Waals surface area contributed by atoms with Crippen LogP contribution in [0.4, 0.5) is 5.69 Å². The quantitative estimate of drug-likeness (QED) is 0.727. The molecular formula is C19H20BrNO4. The van der Waals surface area contributed by atoms with E-state index in [1.165, 1.54) is 13.2 Å². The van der Waals surface area contributed by atoms with Crippen molar-refractivity contribution in [2.75, 3.05) is 12.4 Å². The first-order valence-corrected chi connectivity index (χ1v) is 8.52. The maximum absolute atomic E-state index is 12.4. The third-order valence-corrected chi connectivity index (χ3v) is 4.41. The van der Waals surface area contributed by atoms with Crippen molar-refractivity contribution in [1.82, 2.24) is 0 Å². The first-order valence-electron chi connectivity index (χ1n) is 7.73. The number of carbonyl (C=O) groups excluding carboxylic acids is 2. The summed E-state index contributed by atoms with van der Waals surface area (Å²) in [6, 6.07) is 8.96. The van der Waals surface area contributed by atoms with E-state index in [9.17, 15) is 9.59 Å². The van der Waals surface area contributed by atoms with Gasteiger partial charge >= 0.3 is 0 Å². The van der Waals surface area contributed by atoms with Crippen LogP contribution in [0.25, 0.3) is 0 Å². The fourth-order valence-corrected chi connectivity index (χ4v) is 2.74. The molecule has 1 amide bonds. The van der Waals surface area contributed by atoms with Gasteiger partial charge in [0.2, 0.25) is 0 Å². The highest BCUT2D eigenvalue weighted by atomic mass is 79.9. The van der Waals surface area contributed by atoms with Crippen LogP contribution < -0.4 is 14.8 Å². The van der Waals surface area contributed by atoms with Crippen LogP contribution in [0, 0.1) is 13.8 Å². The second-order valence-electron chi connectivity index (χ2n) is 5.71. The topological polar surface area (TPSA) is 64.6 Å². The van der Waals surface area contributed by atoms with E-state index in [-0.39, 0.29) is 5.91 Å². The highest BCUT2D eigenvalue weighted by molar-refractivity contribution is 9.10. The van der Waals surface area contributed by atoms with Crippen molar-refractivity contribution in [3.8, 4) is 11.5 Å². The van der Waals surface area contributed by atoms with E-state index >= 15 is 0 Å². The molecule has 6 heteroatoms. The Morgan fingerprint density at radius 1 is 1.20 bits per heavy atom. The number of halogens is 1. The summed E-state index contributed by atoms with van der Waals surface area (Å²) < 4.78 is 11.6. The second kappa shape index (κ2) is 8.16. The Hall–Kier alpha value is -2.34. The van der Waals surface area contributed by atoms with Gasteiger partial charge in [0, 0.05) is 15.7 Å². The monoisotopic (exact) mass is 405 g/mol. The minimum atomic E-state index is -0.768. The summed E-state index contributed by atoms with van der Waals surface area (Å²) in [6.07, 6.45) is -0.0631. The Labute approximate surface area is 155 Å². The van der Waals surface area contributed by atoms with Gasteiger partial charge in [-0.05, 0) is 60.5 Å². The normalized spacial score (nSPS) is 11.6. The molecule has 0 aliphatic heterocycles. The van der Waals surface area contributed by atoms with Gasteiger partial charge in [0.15, 0.2) is 23.9 Å². The largest absolute Gasteiger partial charge is 0.493 e. The lowest BCUT2D eigenvalue weighted by molar-refractivity contribution is -0.122. The summed E-state index contributed by atoms with van der Waals surface area (Å²) in [5, 5.41) is 2.85. The van der Waals surface area contributed by atoms with Gasteiger partial charge in [-0.1, -0.05) is 17.7 Å². The Morgan fingerprint density at radius 3 is 2.52 bits per heavy atom. The molecule has 1 N–H and O–H groups in total. The van der Waals surface area contributed by atoms with Gasteiger partial charge < -0.3 is 14.8 Å². The predicted molar refractivity (Wildman–Crippen MR) is 101 cm³/mol. The summed E-state index contributed by atoms with van der Waals surface area (Å²) >= 11 is 3.29. The van der Waals surface area contributed by atoms with Gasteiger partial charge in [-0.15, -0.1) is 0 Å². The molecule has 0 unspecified atom stereocenters. The van der Waals surface area contributed by atoms with Crippen molar-refractivity contribution in [3.05, 3.63) is 51.5 Å². The van der Waals surface area contributed by atoms with Gasteiger partial charge in [-0.25, -0.2) is 0 Å². The van der Waals surface area contributed by atoms with Crippen molar-refractivity contribution in [2.45, 2.75) is 26.9 Å². The van der Waals surface area contributed by atoms with E-state index in [4.69, 9.17) is 9.47 Å². The van der Waals surface area contributed by atoms with E-state index in [0.29, 0.717) is 27.8 Å². The third-order valence-electron chi connectivity index (χ3n) is 3.72. The lowest BCUT2D eigenvalue weighted by Crippen LogP contribution is -2.30. The van der Waals surface area contributed by atoms with Crippen LogP contribution in [0.1, 0.15) is 28.4 Å². The first-order chi connectivity index (χ1) is 11.8. The molecule has 0 saturated carbocycles. The summed E-state index contributed by atoms with van der Waals surface area (Å²) in [7, 11) is 1.50. The van der Waals surface area contributed by atoms with E-state index in [0.717, 1.165) is 16.8 Å². The number of ether oxygens (including phenoxy) is 2. The maximum atomic E-state index is 12.4. The summed E-state index contributed by atoms with van der Waals surface area (Å²) in [5.74, 6) is 0.476. The molecule has 5 nitrogen and oxygen atoms in total. The molecule has 0 saturated heterocycles. The number of rotatable bonds is 6. The molecule has 0 aliphatic rings. The zero-order valence-electron chi connectivity index (χ0n) is 14.6. The van der Waals surface area contributed by atoms with Crippen LogP contribution in [0.3, 0.4) is 0 Å². The molecule has 0 radical (unpaired) electrons. The number of carbonyl (C=O) groups is 2. The average Bonchev–Trinajstić information content (AvgIpc) is 2.58. The third kappa shape index (κ3) is 4.60. The number of aryl methyl sites for hydroxylation is 2. The molecule has 0 spiro atoms. The van der Waals surface area contributed by atoms with Crippen LogP contribution in [0.2, 0.25) is 0 Å². The van der Waals surface area contributed by atoms with Crippen LogP contribution in [-0.4, -0.2) is 25.4 Å². The number of hydrogen-bond donors (Lipinski definition) is 1. The van der Waals surface area contributed by atoms with Gasteiger partial charge in [-0.3, -0.25) is 9.59 Å². The van der Waals surface area contributed by atoms with Crippen LogP contribution in [0.15, 0.2) is 34.8 Å². The lowest BCUT2D eigenvalue weighted by Gasteiger charge is -2.18. The van der Waals surface area contributed by atoms with Crippen LogP contribution >= 0.6 is 15.9 Å². The molecule has 0 aliphatic carbocycles. The van der Waals surface area contributed by atoms with Gasteiger partial charge in [0.05, 0.1) is 7.11 Å². The lowest BCUT2D eigenvalue weighted by atomic mass is 10.1. The molecule has 2 aromatic carbocycles. The SMILES string of the molecule is COc1cc(Br)c(C=O)cc1O[C@H](C)C(=O)Nc1ccc(C)cc1C. The van der Waals surface area contributed by atoms with Gasteiger partial charge in [0.1, 0.15) is 0 Å². The molecular weight excluding hydrogens is 386 g/mol. The molecule has 132 valence electrons. The minimum Gasteiger partial charge on any atom is -0.493 e. The molecule has 25 heavy (non-hydrogen) atoms. The summed E-state index contributed by atoms with van der Waals surface area (Å²) in [6.45, 7) is 5.57. The van der Waals surface area contributed by atoms with Crippen molar-refractivity contribution in [3.63, 3.8) is 0 Å². The Kier molecular flexibility index (Phi) is 6.20. The number of aldehydes is 1. The fourth-order valence-electron chi connectivity index (χ4n) is 2.32. The molecule has 0 aromatic heterocycles. The Bertz CT molecular complexity index is 804. The first kappa shape index (κ1) is 19.0. The number of benzene rings is 2. The zero-order chi connectivity index (χ0) is 18.6. The number of nitrogens with one attached hydrogen (secondary N) is 1. The van der Waals surface area contributed by atoms with Crippen LogP contribution in [-0.2, 0) is 4.79 Å². The van der Waals surface area contributed by atoms with Gasteiger partial charge in [0.25, 0.3) is 5.91 Å². The molecule has 0 bridgehead atoms. The maximum Gasteiger partial charge on any atom is 0.265 e. The summed E-state index contributed by atoms with van der Waals surface area (Å²) in [4.78, 5) is 23.5. The van der Waals surface area contributed by atoms with E-state index in [1.54, 1.807) is 13.0 Å². The predicted octanol–water partition coefficient (Wildman–Crippen LogP) is 4.29. The molecule has 0 fully saturated rings. The van der Waals surface area contributed by atoms with E-state index in [2.05, 4.69) is 21.2 Å². The average molecular weight is 406 g/mol. The van der Waals surface area contributed by atoms with Gasteiger partial charge in [-0.2, -0.15) is 0 Å². The minimum absolute atomic E-state index is 0.287. The van der Waals surface area contributed by atoms with E-state index < -0.39 is 6.10 Å². The smallest absolute Gasteiger partial charge is 0.265 e. The standard InChI is InChI=1S/C19H20BrNO4/c1-11-5-6-16(12(2)7-11)21-19(23)13(3)25-18-8-14(10-22)15(20)9-17(18)24-4/h5-10,13H,1-4H3,(H,21,23)/t13-/m1/s1. The molecule has 2 rings (SSSR count). The molecule has 2 aromatic rings. The van der Waals surface area contributed by atoms with Crippen LogP contribution in [0.5, 0.6) is 11.5 Å². The van der Waals surface area contributed by atoms with Crippen molar-refractivity contribution < 1.29 is 19.1 Å². The van der Waals surface area contributed by atoms with Crippen molar-refractivity contribution in [2.24, 2.45) is 0 Å². The summed E-state index contributed by atoms with van der Waals surface area (Å²) in [5.41, 5.74) is 3.26. The highest BCUT2D eigenvalue weighted by Gasteiger charge is 2.19. The number of hydrogen-bond acceptors (Lipinski definition) is 4. The molecule has 0 heterocycles. The fraction of sp³-hybridized carbons (Fsp3) is 0.263.